The van der Waals surface area contributed by atoms with Gasteiger partial charge in [0.2, 0.25) is 0 Å². The highest BCUT2D eigenvalue weighted by Crippen LogP contribution is 2.38. The molecule has 11 heteroatoms. The van der Waals surface area contributed by atoms with Crippen LogP contribution in [-0.4, -0.2) is 29.0 Å². The van der Waals surface area contributed by atoms with Crippen LogP contribution in [0.1, 0.15) is 30.0 Å². The second-order valence-corrected chi connectivity index (χ2v) is 8.38. The third-order valence-corrected chi connectivity index (χ3v) is 6.07. The summed E-state index contributed by atoms with van der Waals surface area (Å²) in [6.45, 7) is 1.59. The number of aromatic nitrogens is 2. The molecule has 3 aromatic rings. The fraction of sp³-hybridized carbons (Fsp3) is 0.250. The average molecular weight is 446 g/mol. The monoisotopic (exact) mass is 446 g/mol. The largest absolute Gasteiger partial charge is 0.488 e. The Bertz CT molecular complexity index is 1460. The smallest absolute Gasteiger partial charge is 0.458 e. The van der Waals surface area contributed by atoms with Gasteiger partial charge in [-0.25, -0.2) is 9.78 Å². The molecule has 1 aromatic carbocycles. The van der Waals surface area contributed by atoms with Crippen LogP contribution in [0, 0.1) is 0 Å². The molecule has 4 heterocycles. The van der Waals surface area contributed by atoms with Gasteiger partial charge in [-0.05, 0) is 36.8 Å². The summed E-state index contributed by atoms with van der Waals surface area (Å²) < 4.78 is 45.1. The molecule has 0 unspecified atom stereocenters. The van der Waals surface area contributed by atoms with Gasteiger partial charge in [0.15, 0.2) is 5.60 Å². The normalized spacial score (nSPS) is 19.5. The molecular weight excluding hydrogens is 431 g/mol. The molecule has 31 heavy (non-hydrogen) atoms. The van der Waals surface area contributed by atoms with Gasteiger partial charge in [-0.3, -0.25) is 4.79 Å². The number of nitrogens with zero attached hydrogens (tertiary/aromatic N) is 2. The van der Waals surface area contributed by atoms with Gasteiger partial charge in [-0.1, -0.05) is 10.8 Å². The van der Waals surface area contributed by atoms with E-state index in [0.717, 1.165) is 0 Å². The molecule has 0 saturated heterocycles. The zero-order valence-corrected chi connectivity index (χ0v) is 16.9. The third-order valence-electron chi connectivity index (χ3n) is 5.67. The topological polar surface area (TPSA) is 125 Å². The number of esters is 1. The van der Waals surface area contributed by atoms with Crippen molar-refractivity contribution in [2.24, 2.45) is 0 Å². The zero-order chi connectivity index (χ0) is 22.1. The Hall–Kier alpha value is -3.31. The van der Waals surface area contributed by atoms with E-state index in [1.807, 2.05) is 0 Å². The second-order valence-electron chi connectivity index (χ2n) is 7.43. The third kappa shape index (κ3) is 2.92. The minimum atomic E-state index is -5.16. The van der Waals surface area contributed by atoms with Crippen molar-refractivity contribution in [1.29, 1.82) is 0 Å². The second kappa shape index (κ2) is 6.34. The molecule has 0 aliphatic carbocycles. The minimum Gasteiger partial charge on any atom is -0.458 e. The van der Waals surface area contributed by atoms with Crippen LogP contribution in [-0.2, 0) is 38.8 Å². The summed E-state index contributed by atoms with van der Waals surface area (Å²) >= 11 is 0. The first-order chi connectivity index (χ1) is 14.6. The maximum absolute atomic E-state index is 13.1. The lowest BCUT2D eigenvalue weighted by Gasteiger charge is -2.31. The lowest BCUT2D eigenvalue weighted by atomic mass is 9.86. The molecule has 0 saturated carbocycles. The Balaban J connectivity index is 1.69. The molecule has 0 fully saturated rings. The molecule has 1 N–H and O–H groups in total. The van der Waals surface area contributed by atoms with E-state index >= 15 is 0 Å². The van der Waals surface area contributed by atoms with E-state index in [9.17, 15) is 27.0 Å². The van der Waals surface area contributed by atoms with Crippen LogP contribution in [0.3, 0.4) is 0 Å². The van der Waals surface area contributed by atoms with Gasteiger partial charge in [0.05, 0.1) is 29.0 Å². The predicted molar refractivity (Wildman–Crippen MR) is 105 cm³/mol. The van der Waals surface area contributed by atoms with Crippen LogP contribution in [0.25, 0.3) is 22.3 Å². The molecule has 0 radical (unpaired) electrons. The molecule has 9 nitrogen and oxygen atoms in total. The van der Waals surface area contributed by atoms with Crippen molar-refractivity contribution in [2.45, 2.75) is 32.1 Å². The van der Waals surface area contributed by atoms with Crippen LogP contribution in [0.5, 0.6) is 5.75 Å². The number of cyclic esters (lactones) is 1. The molecule has 2 aliphatic heterocycles. The molecular formula is C20H15FN2O7S. The van der Waals surface area contributed by atoms with E-state index in [-0.39, 0.29) is 42.0 Å². The van der Waals surface area contributed by atoms with Crippen molar-refractivity contribution in [3.63, 3.8) is 0 Å². The van der Waals surface area contributed by atoms with E-state index in [1.54, 1.807) is 19.1 Å². The van der Waals surface area contributed by atoms with Crippen LogP contribution in [0.4, 0.5) is 3.89 Å². The Morgan fingerprint density at radius 1 is 1.29 bits per heavy atom. The van der Waals surface area contributed by atoms with Crippen LogP contribution < -0.4 is 9.74 Å². The van der Waals surface area contributed by atoms with Gasteiger partial charge in [-0.15, -0.1) is 0 Å². The highest BCUT2D eigenvalue weighted by molar-refractivity contribution is 7.81. The standard InChI is InChI=1S/C20H15FN2O7S/c1-2-20(26)14-7-16-17-11(8-23(16)18(24)13(14)9-29-19(20)25)5-10-6-12(30-31(21,27)28)3-4-15(10)22-17/h3-7,26H,2,8-9H2,1H3/t20-/m0/s1. The quantitative estimate of drug-likeness (QED) is 0.372. The van der Waals surface area contributed by atoms with Crippen molar-refractivity contribution >= 4 is 27.4 Å². The SMILES string of the molecule is CC[C@@]1(O)C(=O)OCc2c1cc1n(c2=O)Cc2cc3cc(OS(=O)(=O)F)ccc3nc2-1. The number of benzene rings is 1. The highest BCUT2D eigenvalue weighted by atomic mass is 32.3. The van der Waals surface area contributed by atoms with Gasteiger partial charge >= 0.3 is 16.5 Å². The number of carbonyl (C=O) groups excluding carboxylic acids is 1. The number of aliphatic hydroxyl groups is 1. The first-order valence-corrected chi connectivity index (χ1v) is 10.7. The van der Waals surface area contributed by atoms with E-state index in [0.29, 0.717) is 27.9 Å². The molecule has 5 rings (SSSR count). The van der Waals surface area contributed by atoms with Gasteiger partial charge in [0.1, 0.15) is 12.4 Å². The number of ether oxygens (including phenoxy) is 1. The number of hydrogen-bond donors (Lipinski definition) is 1. The maximum Gasteiger partial charge on any atom is 0.488 e. The Kier molecular flexibility index (Phi) is 4.02. The minimum absolute atomic E-state index is 0.0417. The number of hydrogen-bond acceptors (Lipinski definition) is 8. The maximum atomic E-state index is 13.1. The van der Waals surface area contributed by atoms with Gasteiger partial charge in [0, 0.05) is 16.5 Å². The molecule has 2 aliphatic rings. The van der Waals surface area contributed by atoms with Crippen molar-refractivity contribution in [3.8, 4) is 17.1 Å². The lowest BCUT2D eigenvalue weighted by Crippen LogP contribution is -2.44. The van der Waals surface area contributed by atoms with Gasteiger partial charge in [0.25, 0.3) is 5.56 Å². The summed E-state index contributed by atoms with van der Waals surface area (Å²) in [7, 11) is -5.16. The van der Waals surface area contributed by atoms with E-state index in [4.69, 9.17) is 4.74 Å². The summed E-state index contributed by atoms with van der Waals surface area (Å²) in [6.07, 6.45) is 0.0417. The Morgan fingerprint density at radius 2 is 2.06 bits per heavy atom. The van der Waals surface area contributed by atoms with Gasteiger partial charge in [-0.2, -0.15) is 8.42 Å². The Labute approximate surface area is 175 Å². The van der Waals surface area contributed by atoms with Crippen molar-refractivity contribution in [2.75, 3.05) is 0 Å². The van der Waals surface area contributed by atoms with Crippen molar-refractivity contribution in [3.05, 3.63) is 57.4 Å². The summed E-state index contributed by atoms with van der Waals surface area (Å²) in [4.78, 5) is 29.8. The van der Waals surface area contributed by atoms with Crippen LogP contribution in [0.15, 0.2) is 35.1 Å². The van der Waals surface area contributed by atoms with E-state index in [2.05, 4.69) is 9.17 Å². The summed E-state index contributed by atoms with van der Waals surface area (Å²) in [5.41, 5.74) is 0.215. The van der Waals surface area contributed by atoms with Crippen LogP contribution >= 0.6 is 0 Å². The van der Waals surface area contributed by atoms with Crippen LogP contribution in [0.2, 0.25) is 0 Å². The fourth-order valence-electron chi connectivity index (χ4n) is 4.13. The molecule has 0 bridgehead atoms. The zero-order valence-electron chi connectivity index (χ0n) is 16.1. The summed E-state index contributed by atoms with van der Waals surface area (Å²) in [6, 6.07) is 7.36. The molecule has 1 atom stereocenters. The molecule has 0 spiro atoms. The number of halogens is 1. The first kappa shape index (κ1) is 19.6. The Morgan fingerprint density at radius 3 is 2.77 bits per heavy atom. The first-order valence-electron chi connectivity index (χ1n) is 9.35. The van der Waals surface area contributed by atoms with E-state index in [1.165, 1.54) is 22.8 Å². The van der Waals surface area contributed by atoms with Crippen molar-refractivity contribution in [1.82, 2.24) is 9.55 Å². The molecule has 160 valence electrons. The van der Waals surface area contributed by atoms with E-state index < -0.39 is 22.1 Å². The number of carbonyl (C=O) groups is 1. The number of fused-ring (bicyclic) bond motifs is 5. The molecule has 2 aromatic heterocycles. The summed E-state index contributed by atoms with van der Waals surface area (Å²) in [5.74, 6) is -1.00. The predicted octanol–water partition coefficient (Wildman–Crippen LogP) is 1.67. The number of pyridine rings is 2. The number of rotatable bonds is 3. The highest BCUT2D eigenvalue weighted by Gasteiger charge is 2.45. The molecule has 0 amide bonds. The van der Waals surface area contributed by atoms with Gasteiger partial charge < -0.3 is 18.6 Å². The lowest BCUT2D eigenvalue weighted by molar-refractivity contribution is -0.172. The average Bonchev–Trinajstić information content (AvgIpc) is 3.06. The van der Waals surface area contributed by atoms with Crippen molar-refractivity contribution < 1.29 is 31.1 Å². The fourth-order valence-corrected chi connectivity index (χ4v) is 4.46. The summed E-state index contributed by atoms with van der Waals surface area (Å²) in [5, 5.41) is 11.4.